The number of azide groups is 2. The maximum Gasteiger partial charge on any atom is 0.239 e. The predicted octanol–water partition coefficient (Wildman–Crippen LogP) is 3.72. The Bertz CT molecular complexity index is 1980. The van der Waals surface area contributed by atoms with Crippen LogP contribution in [0.4, 0.5) is 5.00 Å². The van der Waals surface area contributed by atoms with Crippen LogP contribution in [0.2, 0.25) is 0 Å². The Labute approximate surface area is 379 Å². The number of allylic oxidation sites excluding steroid dienone is 3. The number of carbonyl (C=O) groups is 4. The number of aliphatic hydroxyl groups excluding tert-OH is 1. The second-order valence-electron chi connectivity index (χ2n) is 14.7. The number of rotatable bonds is 28. The molecule has 3 aliphatic heterocycles. The third-order valence-electron chi connectivity index (χ3n) is 10.5. The summed E-state index contributed by atoms with van der Waals surface area (Å²) in [4.78, 5) is 60.8. The molecule has 2 fully saturated rings. The Morgan fingerprint density at radius 1 is 0.703 bits per heavy atom. The van der Waals surface area contributed by atoms with Gasteiger partial charge in [-0.2, -0.15) is 0 Å². The number of anilines is 1. The van der Waals surface area contributed by atoms with Gasteiger partial charge in [-0.25, -0.2) is 4.58 Å². The molecule has 1 aromatic rings. The minimum Gasteiger partial charge on any atom is -0.506 e. The fourth-order valence-corrected chi connectivity index (χ4v) is 9.38. The molecule has 64 heavy (non-hydrogen) atoms. The van der Waals surface area contributed by atoms with E-state index in [1.54, 1.807) is 12.1 Å². The molecule has 0 saturated carbocycles. The van der Waals surface area contributed by atoms with Crippen molar-refractivity contribution in [3.05, 3.63) is 66.3 Å². The number of ether oxygens (including phenoxy) is 6. The lowest BCUT2D eigenvalue weighted by atomic mass is 9.96. The predicted molar refractivity (Wildman–Crippen MR) is 239 cm³/mol. The zero-order valence-corrected chi connectivity index (χ0v) is 37.5. The average Bonchev–Trinajstić information content (AvgIpc) is 4.05. The number of piperidine rings is 2. The molecule has 3 N–H and O–H groups in total. The summed E-state index contributed by atoms with van der Waals surface area (Å²) >= 11 is 2.67. The van der Waals surface area contributed by atoms with Crippen LogP contribution in [0.3, 0.4) is 0 Å². The lowest BCUT2D eigenvalue weighted by molar-refractivity contribution is -0.536. The summed E-state index contributed by atoms with van der Waals surface area (Å²) in [6.07, 6.45) is 6.26. The highest BCUT2D eigenvalue weighted by Gasteiger charge is 2.41. The van der Waals surface area contributed by atoms with E-state index >= 15 is 0 Å². The second kappa shape index (κ2) is 28.2. The summed E-state index contributed by atoms with van der Waals surface area (Å²) in [5, 5.41) is 25.8. The molecule has 2 amide bonds. The highest BCUT2D eigenvalue weighted by molar-refractivity contribution is 8.18. The molecule has 23 heteroatoms. The molecule has 0 unspecified atom stereocenters. The second-order valence-corrected chi connectivity index (χ2v) is 16.8. The number of hydrogen-bond donors (Lipinski definition) is 3. The fourth-order valence-electron chi connectivity index (χ4n) is 7.18. The molecule has 1 aromatic heterocycles. The largest absolute Gasteiger partial charge is 0.506 e. The number of Topliss-reactive ketones (excluding diaryl/α,β-unsaturated/α-hetero) is 2. The van der Waals surface area contributed by atoms with E-state index in [2.05, 4.69) is 40.2 Å². The van der Waals surface area contributed by atoms with E-state index in [0.29, 0.717) is 154 Å². The monoisotopic (exact) mass is 929 g/mol. The van der Waals surface area contributed by atoms with Gasteiger partial charge < -0.3 is 49.1 Å². The molecule has 0 atom stereocenters. The molecule has 4 aliphatic rings. The molecule has 21 nitrogen and oxygen atoms in total. The van der Waals surface area contributed by atoms with Gasteiger partial charge in [0.15, 0.2) is 0 Å². The number of carbonyl (C=O) groups excluding carboxylic acids is 4. The number of aliphatic hydroxyl groups is 1. The number of hydrogen-bond acceptors (Lipinski definition) is 16. The molecular weight excluding hydrogens is 873 g/mol. The van der Waals surface area contributed by atoms with Crippen LogP contribution in [0.15, 0.2) is 50.8 Å². The minimum absolute atomic E-state index is 0.00882. The number of ketones is 2. The van der Waals surface area contributed by atoms with Crippen LogP contribution in [0, 0.1) is 11.8 Å². The summed E-state index contributed by atoms with van der Waals surface area (Å²) in [5.74, 6) is -2.08. The van der Waals surface area contributed by atoms with Gasteiger partial charge in [0, 0.05) is 89.6 Å². The third-order valence-corrected chi connectivity index (χ3v) is 12.9. The Kier molecular flexibility index (Phi) is 22.1. The smallest absolute Gasteiger partial charge is 0.239 e. The zero-order chi connectivity index (χ0) is 45.4. The Hall–Kier alpha value is -4.80. The molecule has 1 aliphatic carbocycles. The molecule has 0 bridgehead atoms. The van der Waals surface area contributed by atoms with Gasteiger partial charge in [-0.05, 0) is 53.9 Å². The van der Waals surface area contributed by atoms with E-state index in [-0.39, 0.29) is 53.6 Å². The minimum atomic E-state index is -0.736. The molecule has 0 spiro atoms. The Balaban J connectivity index is 0.984. The quantitative estimate of drug-likeness (QED) is 0.0206. The Morgan fingerprint density at radius 2 is 1.19 bits per heavy atom. The first-order valence-corrected chi connectivity index (χ1v) is 23.1. The highest BCUT2D eigenvalue weighted by Crippen LogP contribution is 2.42. The third kappa shape index (κ3) is 15.7. The van der Waals surface area contributed by atoms with Crippen LogP contribution in [0.5, 0.6) is 0 Å². The number of nitrogens with zero attached hydrogens (tertiary/aromatic N) is 8. The van der Waals surface area contributed by atoms with E-state index in [1.807, 2.05) is 12.1 Å². The van der Waals surface area contributed by atoms with E-state index in [9.17, 15) is 24.3 Å². The molecule has 5 rings (SSSR count). The Morgan fingerprint density at radius 3 is 1.72 bits per heavy atom. The molecule has 348 valence electrons. The fraction of sp³-hybridized carbons (Fsp3) is 0.634. The molecular formula is C41H57N10O11S2+. The first-order valence-electron chi connectivity index (χ1n) is 21.5. The number of thioether (sulfide) groups is 1. The summed E-state index contributed by atoms with van der Waals surface area (Å²) in [6, 6.07) is 3.64. The highest BCUT2D eigenvalue weighted by atomic mass is 32.2. The van der Waals surface area contributed by atoms with Crippen molar-refractivity contribution in [3.63, 3.8) is 0 Å². The standard InChI is InChI=1S/C41H56N10O11S2/c42-48-46-11-19-59-23-27-61-25-21-57-17-9-44-40(55)29-5-13-50(14-6-29)33-3-1-31(63-33)35-37(52)36(39(54)38(35)53)32-2-4-34(64-32)51-15-7-30(8-16-51)41(56)45-10-18-58-22-26-62-28-24-60-20-12-47-49-43/h1-4,29-30H,5-28H2,(H2-,44,45,52,53,54,55,56)/p+1. The van der Waals surface area contributed by atoms with E-state index in [0.717, 1.165) is 10.0 Å². The van der Waals surface area contributed by atoms with E-state index < -0.39 is 11.6 Å². The number of nitrogens with one attached hydrogen (secondary N) is 2. The van der Waals surface area contributed by atoms with Crippen molar-refractivity contribution in [2.45, 2.75) is 25.7 Å². The first kappa shape index (κ1) is 50.2. The molecule has 0 radical (unpaired) electrons. The van der Waals surface area contributed by atoms with Crippen molar-refractivity contribution < 1.29 is 57.3 Å². The topological polar surface area (TPSA) is 272 Å². The van der Waals surface area contributed by atoms with Crippen molar-refractivity contribution in [1.82, 2.24) is 10.6 Å². The first-order chi connectivity index (χ1) is 31.3. The lowest BCUT2D eigenvalue weighted by Crippen LogP contribution is -2.41. The van der Waals surface area contributed by atoms with Gasteiger partial charge in [0.1, 0.15) is 18.8 Å². The van der Waals surface area contributed by atoms with Gasteiger partial charge in [0.2, 0.25) is 28.4 Å². The van der Waals surface area contributed by atoms with Gasteiger partial charge in [-0.3, -0.25) is 19.2 Å². The SMILES string of the molecule is [N-]=[N+]=NCCOCCOCCOCCNC(=O)C1CCN(c2ccc(C3=C(O)/C(=C4\C=CC(=[N+]5CCC(C(=O)NCCOCCOCCOCCN=[N+]=[N-])CC5)S4)C(=O)C3=O)s2)CC1. The van der Waals surface area contributed by atoms with Crippen LogP contribution in [0.25, 0.3) is 26.5 Å². The maximum atomic E-state index is 13.3. The van der Waals surface area contributed by atoms with Crippen LogP contribution in [-0.4, -0.2) is 170 Å². The van der Waals surface area contributed by atoms with Gasteiger partial charge in [-0.1, -0.05) is 10.2 Å². The summed E-state index contributed by atoms with van der Waals surface area (Å²) in [6.45, 7) is 8.57. The zero-order valence-electron chi connectivity index (χ0n) is 35.9. The van der Waals surface area contributed by atoms with Gasteiger partial charge in [-0.15, -0.1) is 11.3 Å². The van der Waals surface area contributed by atoms with Crippen molar-refractivity contribution in [2.24, 2.45) is 22.1 Å². The van der Waals surface area contributed by atoms with Gasteiger partial charge in [0.25, 0.3) is 0 Å². The summed E-state index contributed by atoms with van der Waals surface area (Å²) in [7, 11) is 0. The van der Waals surface area contributed by atoms with Crippen LogP contribution in [-0.2, 0) is 47.6 Å². The number of amides is 2. The summed E-state index contributed by atoms with van der Waals surface area (Å²) in [5.41, 5.74) is 16.5. The lowest BCUT2D eigenvalue weighted by Gasteiger charge is -2.31. The molecule has 0 aromatic carbocycles. The number of thiophene rings is 1. The van der Waals surface area contributed by atoms with Gasteiger partial charge >= 0.3 is 0 Å². The van der Waals surface area contributed by atoms with E-state index in [1.165, 1.54) is 23.1 Å². The van der Waals surface area contributed by atoms with Crippen LogP contribution >= 0.6 is 23.1 Å². The van der Waals surface area contributed by atoms with Gasteiger partial charge in [0.05, 0.1) is 95.4 Å². The van der Waals surface area contributed by atoms with Crippen molar-refractivity contribution in [2.75, 3.05) is 137 Å². The average molecular weight is 930 g/mol. The van der Waals surface area contributed by atoms with Crippen LogP contribution in [0.1, 0.15) is 30.6 Å². The molecule has 2 saturated heterocycles. The van der Waals surface area contributed by atoms with Crippen molar-refractivity contribution >= 4 is 62.1 Å². The van der Waals surface area contributed by atoms with Crippen molar-refractivity contribution in [3.8, 4) is 0 Å². The normalized spacial score (nSPS) is 19.1. The van der Waals surface area contributed by atoms with Crippen molar-refractivity contribution in [1.29, 1.82) is 0 Å². The maximum absolute atomic E-state index is 13.3. The van der Waals surface area contributed by atoms with E-state index in [4.69, 9.17) is 39.5 Å². The molecule has 4 heterocycles. The summed E-state index contributed by atoms with van der Waals surface area (Å²) < 4.78 is 34.6. The van der Waals surface area contributed by atoms with Crippen LogP contribution < -0.4 is 15.5 Å².